The summed E-state index contributed by atoms with van der Waals surface area (Å²) < 4.78 is 24.4. The van der Waals surface area contributed by atoms with Crippen LogP contribution in [0.2, 0.25) is 0 Å². The van der Waals surface area contributed by atoms with Crippen LogP contribution in [-0.4, -0.2) is 12.0 Å². The van der Waals surface area contributed by atoms with Crippen LogP contribution in [0.5, 0.6) is 17.2 Å². The van der Waals surface area contributed by atoms with Crippen molar-refractivity contribution in [3.05, 3.63) is 84.7 Å². The molecule has 138 valence electrons. The van der Waals surface area contributed by atoms with E-state index in [0.29, 0.717) is 23.6 Å². The Morgan fingerprint density at radius 2 is 1.48 bits per heavy atom. The van der Waals surface area contributed by atoms with E-state index in [9.17, 15) is 9.18 Å². The third kappa shape index (κ3) is 5.31. The summed E-state index contributed by atoms with van der Waals surface area (Å²) in [5, 5.41) is 2.82. The SMILES string of the molecule is CCC(Oc1ccc(F)cc1)C(=O)Nc1ccc(Oc2ccccc2)cc1. The lowest BCUT2D eigenvalue weighted by molar-refractivity contribution is -0.122. The van der Waals surface area contributed by atoms with Crippen molar-refractivity contribution in [2.24, 2.45) is 0 Å². The van der Waals surface area contributed by atoms with Crippen molar-refractivity contribution in [1.29, 1.82) is 0 Å². The third-order valence-corrected chi connectivity index (χ3v) is 3.86. The number of ether oxygens (including phenoxy) is 2. The lowest BCUT2D eigenvalue weighted by Crippen LogP contribution is -2.32. The van der Waals surface area contributed by atoms with Crippen molar-refractivity contribution in [3.8, 4) is 17.2 Å². The van der Waals surface area contributed by atoms with Crippen LogP contribution in [0.3, 0.4) is 0 Å². The number of nitrogens with one attached hydrogen (secondary N) is 1. The molecule has 3 rings (SSSR count). The molecule has 1 unspecified atom stereocenters. The highest BCUT2D eigenvalue weighted by atomic mass is 19.1. The molecule has 3 aromatic carbocycles. The van der Waals surface area contributed by atoms with Gasteiger partial charge in [0.25, 0.3) is 5.91 Å². The van der Waals surface area contributed by atoms with Crippen molar-refractivity contribution in [2.45, 2.75) is 19.4 Å². The zero-order valence-electron chi connectivity index (χ0n) is 14.9. The summed E-state index contributed by atoms with van der Waals surface area (Å²) in [4.78, 5) is 12.4. The standard InChI is InChI=1S/C22H20FNO3/c1-2-21(27-20-12-8-16(23)9-13-20)22(25)24-17-10-14-19(15-11-17)26-18-6-4-3-5-7-18/h3-15,21H,2H2,1H3,(H,24,25). The summed E-state index contributed by atoms with van der Waals surface area (Å²) >= 11 is 0. The minimum atomic E-state index is -0.671. The monoisotopic (exact) mass is 365 g/mol. The van der Waals surface area contributed by atoms with E-state index >= 15 is 0 Å². The highest BCUT2D eigenvalue weighted by molar-refractivity contribution is 5.94. The van der Waals surface area contributed by atoms with Gasteiger partial charge in [0.1, 0.15) is 23.1 Å². The van der Waals surface area contributed by atoms with Gasteiger partial charge in [0.15, 0.2) is 6.10 Å². The first-order valence-corrected chi connectivity index (χ1v) is 8.70. The molecule has 0 aliphatic carbocycles. The molecule has 4 nitrogen and oxygen atoms in total. The summed E-state index contributed by atoms with van der Waals surface area (Å²) in [7, 11) is 0. The maximum atomic E-state index is 13.0. The zero-order valence-corrected chi connectivity index (χ0v) is 14.9. The van der Waals surface area contributed by atoms with Crippen LogP contribution in [-0.2, 0) is 4.79 Å². The van der Waals surface area contributed by atoms with Crippen LogP contribution >= 0.6 is 0 Å². The molecule has 0 saturated heterocycles. The second-order valence-corrected chi connectivity index (χ2v) is 5.90. The number of anilines is 1. The number of amides is 1. The van der Waals surface area contributed by atoms with Gasteiger partial charge >= 0.3 is 0 Å². The molecule has 3 aromatic rings. The van der Waals surface area contributed by atoms with E-state index in [0.717, 1.165) is 5.75 Å². The molecule has 0 radical (unpaired) electrons. The average molecular weight is 365 g/mol. The van der Waals surface area contributed by atoms with Gasteiger partial charge in [-0.25, -0.2) is 4.39 Å². The van der Waals surface area contributed by atoms with Gasteiger partial charge in [0.05, 0.1) is 0 Å². The van der Waals surface area contributed by atoms with Crippen LogP contribution in [0, 0.1) is 5.82 Å². The summed E-state index contributed by atoms with van der Waals surface area (Å²) in [5.74, 6) is 1.25. The molecule has 5 heteroatoms. The molecule has 27 heavy (non-hydrogen) atoms. The molecular formula is C22H20FNO3. The van der Waals surface area contributed by atoms with Gasteiger partial charge in [0, 0.05) is 5.69 Å². The zero-order chi connectivity index (χ0) is 19.1. The molecule has 0 fully saturated rings. The van der Waals surface area contributed by atoms with Gasteiger partial charge < -0.3 is 14.8 Å². The molecule has 1 N–H and O–H groups in total. The van der Waals surface area contributed by atoms with E-state index in [-0.39, 0.29) is 11.7 Å². The first-order chi connectivity index (χ1) is 13.1. The normalized spacial score (nSPS) is 11.5. The van der Waals surface area contributed by atoms with Gasteiger partial charge in [-0.2, -0.15) is 0 Å². The fourth-order valence-corrected chi connectivity index (χ4v) is 2.45. The Hall–Kier alpha value is -3.34. The Morgan fingerprint density at radius 1 is 0.889 bits per heavy atom. The predicted octanol–water partition coefficient (Wildman–Crippen LogP) is 5.41. The summed E-state index contributed by atoms with van der Waals surface area (Å²) in [5.41, 5.74) is 0.640. The van der Waals surface area contributed by atoms with Crippen LogP contribution < -0.4 is 14.8 Å². The number of hydrogen-bond acceptors (Lipinski definition) is 3. The van der Waals surface area contributed by atoms with E-state index in [2.05, 4.69) is 5.32 Å². The number of carbonyl (C=O) groups excluding carboxylic acids is 1. The molecular weight excluding hydrogens is 345 g/mol. The van der Waals surface area contributed by atoms with E-state index in [1.165, 1.54) is 24.3 Å². The van der Waals surface area contributed by atoms with Crippen molar-refractivity contribution in [2.75, 3.05) is 5.32 Å². The highest BCUT2D eigenvalue weighted by Crippen LogP contribution is 2.23. The number of benzene rings is 3. The quantitative estimate of drug-likeness (QED) is 0.609. The second kappa shape index (κ2) is 8.85. The summed E-state index contributed by atoms with van der Waals surface area (Å²) in [6.07, 6.45) is -0.186. The smallest absolute Gasteiger partial charge is 0.265 e. The Kier molecular flexibility index (Phi) is 6.05. The summed E-state index contributed by atoms with van der Waals surface area (Å²) in [6, 6.07) is 22.1. The van der Waals surface area contributed by atoms with E-state index in [1.54, 1.807) is 24.3 Å². The highest BCUT2D eigenvalue weighted by Gasteiger charge is 2.18. The molecule has 1 atom stereocenters. The number of carbonyl (C=O) groups is 1. The molecule has 0 aliphatic heterocycles. The van der Waals surface area contributed by atoms with E-state index in [1.807, 2.05) is 37.3 Å². The Labute approximate surface area is 157 Å². The largest absolute Gasteiger partial charge is 0.481 e. The minimum absolute atomic E-state index is 0.265. The molecule has 1 amide bonds. The van der Waals surface area contributed by atoms with Gasteiger partial charge in [-0.1, -0.05) is 25.1 Å². The lowest BCUT2D eigenvalue weighted by Gasteiger charge is -2.17. The average Bonchev–Trinajstić information content (AvgIpc) is 2.70. The number of halogens is 1. The number of rotatable bonds is 7. The van der Waals surface area contributed by atoms with Gasteiger partial charge in [0.2, 0.25) is 0 Å². The van der Waals surface area contributed by atoms with Crippen molar-refractivity contribution >= 4 is 11.6 Å². The van der Waals surface area contributed by atoms with Gasteiger partial charge in [-0.3, -0.25) is 4.79 Å². The number of hydrogen-bond donors (Lipinski definition) is 1. The van der Waals surface area contributed by atoms with Crippen molar-refractivity contribution in [1.82, 2.24) is 0 Å². The van der Waals surface area contributed by atoms with E-state index < -0.39 is 6.10 Å². The van der Waals surface area contributed by atoms with Crippen LogP contribution in [0.4, 0.5) is 10.1 Å². The minimum Gasteiger partial charge on any atom is -0.481 e. The third-order valence-electron chi connectivity index (χ3n) is 3.86. The Balaban J connectivity index is 1.59. The predicted molar refractivity (Wildman–Crippen MR) is 103 cm³/mol. The molecule has 0 spiro atoms. The van der Waals surface area contributed by atoms with Crippen LogP contribution in [0.15, 0.2) is 78.9 Å². The first kappa shape index (κ1) is 18.5. The molecule has 0 aromatic heterocycles. The molecule has 0 aliphatic rings. The number of para-hydroxylation sites is 1. The maximum Gasteiger partial charge on any atom is 0.265 e. The fraction of sp³-hybridized carbons (Fsp3) is 0.136. The Morgan fingerprint density at radius 3 is 2.11 bits per heavy atom. The van der Waals surface area contributed by atoms with Gasteiger partial charge in [-0.15, -0.1) is 0 Å². The molecule has 0 heterocycles. The first-order valence-electron chi connectivity index (χ1n) is 8.70. The fourth-order valence-electron chi connectivity index (χ4n) is 2.45. The maximum absolute atomic E-state index is 13.0. The van der Waals surface area contributed by atoms with Crippen LogP contribution in [0.25, 0.3) is 0 Å². The molecule has 0 bridgehead atoms. The van der Waals surface area contributed by atoms with Crippen molar-refractivity contribution < 1.29 is 18.7 Å². The van der Waals surface area contributed by atoms with Crippen molar-refractivity contribution in [3.63, 3.8) is 0 Å². The topological polar surface area (TPSA) is 47.6 Å². The van der Waals surface area contributed by atoms with Crippen LogP contribution in [0.1, 0.15) is 13.3 Å². The Bertz CT molecular complexity index is 864. The summed E-state index contributed by atoms with van der Waals surface area (Å²) in [6.45, 7) is 1.85. The molecule has 0 saturated carbocycles. The van der Waals surface area contributed by atoms with E-state index in [4.69, 9.17) is 9.47 Å². The van der Waals surface area contributed by atoms with Gasteiger partial charge in [-0.05, 0) is 67.1 Å². The lowest BCUT2D eigenvalue weighted by atomic mass is 10.2. The second-order valence-electron chi connectivity index (χ2n) is 5.90.